The topological polar surface area (TPSA) is 20.2 Å². The minimum Gasteiger partial charge on any atom is -0.389 e. The van der Waals surface area contributed by atoms with Gasteiger partial charge >= 0.3 is 0 Å². The molecule has 0 saturated carbocycles. The average molecular weight is 359 g/mol. The highest BCUT2D eigenvalue weighted by Gasteiger charge is 2.07. The summed E-state index contributed by atoms with van der Waals surface area (Å²) in [5.41, 5.74) is 0.886. The Morgan fingerprint density at radius 3 is 1.92 bits per heavy atom. The smallest absolute Gasteiger partial charge is 0.0762 e. The maximum absolute atomic E-state index is 9.31. The number of halogens is 3. The first kappa shape index (κ1) is 10.7. The Morgan fingerprint density at radius 2 is 1.58 bits per heavy atom. The molecule has 1 atom stereocenters. The molecule has 1 N–H and O–H groups in total. The summed E-state index contributed by atoms with van der Waals surface area (Å²) < 4.78 is 2.84. The molecule has 0 fully saturated rings. The van der Waals surface area contributed by atoms with Gasteiger partial charge in [0.05, 0.1) is 6.10 Å². The Bertz CT molecular complexity index is 273. The zero-order valence-corrected chi connectivity index (χ0v) is 11.1. The third-order valence-electron chi connectivity index (χ3n) is 1.49. The van der Waals surface area contributed by atoms with E-state index in [1.165, 1.54) is 0 Å². The van der Waals surface area contributed by atoms with E-state index in [1.54, 1.807) is 6.92 Å². The summed E-state index contributed by atoms with van der Waals surface area (Å²) in [5, 5.41) is 9.31. The zero-order valence-electron chi connectivity index (χ0n) is 6.31. The van der Waals surface area contributed by atoms with Crippen molar-refractivity contribution in [2.24, 2.45) is 0 Å². The number of hydrogen-bond donors (Lipinski definition) is 1. The van der Waals surface area contributed by atoms with Gasteiger partial charge < -0.3 is 5.11 Å². The van der Waals surface area contributed by atoms with Gasteiger partial charge in [0.25, 0.3) is 0 Å². The van der Waals surface area contributed by atoms with Crippen molar-refractivity contribution in [1.29, 1.82) is 0 Å². The van der Waals surface area contributed by atoms with Crippen LogP contribution in [-0.2, 0) is 0 Å². The summed E-state index contributed by atoms with van der Waals surface area (Å²) in [5.74, 6) is 0. The molecule has 12 heavy (non-hydrogen) atoms. The largest absolute Gasteiger partial charge is 0.389 e. The van der Waals surface area contributed by atoms with Crippen LogP contribution in [0, 0.1) is 0 Å². The van der Waals surface area contributed by atoms with E-state index in [1.807, 2.05) is 12.1 Å². The second-order valence-electron chi connectivity index (χ2n) is 2.47. The molecule has 0 amide bonds. The van der Waals surface area contributed by atoms with Gasteiger partial charge in [-0.25, -0.2) is 0 Å². The van der Waals surface area contributed by atoms with Gasteiger partial charge in [0.2, 0.25) is 0 Å². The molecule has 1 nitrogen and oxygen atoms in total. The molecule has 0 heterocycles. The van der Waals surface area contributed by atoms with E-state index in [0.29, 0.717) is 0 Å². The Kier molecular flexibility index (Phi) is 3.76. The van der Waals surface area contributed by atoms with Crippen LogP contribution in [0.1, 0.15) is 18.6 Å². The second kappa shape index (κ2) is 4.22. The van der Waals surface area contributed by atoms with Crippen molar-refractivity contribution < 1.29 is 5.11 Å². The third-order valence-corrected chi connectivity index (χ3v) is 4.66. The molecule has 0 aromatic heterocycles. The maximum atomic E-state index is 9.31. The van der Waals surface area contributed by atoms with Gasteiger partial charge in [0.1, 0.15) is 0 Å². The molecule has 0 aliphatic rings. The summed E-state index contributed by atoms with van der Waals surface area (Å²) in [7, 11) is 0. The molecule has 66 valence electrons. The van der Waals surface area contributed by atoms with Crippen molar-refractivity contribution in [1.82, 2.24) is 0 Å². The summed E-state index contributed by atoms with van der Waals surface area (Å²) in [6.07, 6.45) is -0.439. The number of aliphatic hydroxyl groups is 1. The molecular formula is C8H7Br3O. The minimum atomic E-state index is -0.439. The predicted molar refractivity (Wildman–Crippen MR) is 60.2 cm³/mol. The molecule has 0 bridgehead atoms. The maximum Gasteiger partial charge on any atom is 0.0762 e. The molecule has 1 aromatic rings. The molecule has 4 heteroatoms. The van der Waals surface area contributed by atoms with Crippen LogP contribution in [0.3, 0.4) is 0 Å². The molecule has 0 saturated heterocycles. The highest BCUT2D eigenvalue weighted by Crippen LogP contribution is 2.33. The van der Waals surface area contributed by atoms with Crippen molar-refractivity contribution in [3.63, 3.8) is 0 Å². The highest BCUT2D eigenvalue weighted by atomic mass is 79.9. The Hall–Kier alpha value is 0.620. The molecule has 0 radical (unpaired) electrons. The summed E-state index contributed by atoms with van der Waals surface area (Å²) in [4.78, 5) is 0. The number of hydrogen-bond acceptors (Lipinski definition) is 1. The van der Waals surface area contributed by atoms with Crippen molar-refractivity contribution in [2.75, 3.05) is 0 Å². The van der Waals surface area contributed by atoms with E-state index < -0.39 is 6.10 Å². The first-order valence-corrected chi connectivity index (χ1v) is 5.72. The lowest BCUT2D eigenvalue weighted by molar-refractivity contribution is 0.199. The van der Waals surface area contributed by atoms with Crippen LogP contribution in [0.4, 0.5) is 0 Å². The molecule has 0 spiro atoms. The van der Waals surface area contributed by atoms with E-state index in [0.717, 1.165) is 19.0 Å². The van der Waals surface area contributed by atoms with Crippen molar-refractivity contribution in [3.8, 4) is 0 Å². The standard InChI is InChI=1S/C8H7Br3O/c1-4(12)5-2-6(9)8(11)7(10)3-5/h2-4,12H,1H3. The monoisotopic (exact) mass is 356 g/mol. The molecule has 0 aliphatic heterocycles. The fraction of sp³-hybridized carbons (Fsp3) is 0.250. The van der Waals surface area contributed by atoms with Crippen LogP contribution in [0.5, 0.6) is 0 Å². The summed E-state index contributed by atoms with van der Waals surface area (Å²) in [6.45, 7) is 1.74. The lowest BCUT2D eigenvalue weighted by Crippen LogP contribution is -1.91. The van der Waals surface area contributed by atoms with Crippen LogP contribution in [0.25, 0.3) is 0 Å². The van der Waals surface area contributed by atoms with Gasteiger partial charge in [-0.2, -0.15) is 0 Å². The average Bonchev–Trinajstić information content (AvgIpc) is 1.99. The lowest BCUT2D eigenvalue weighted by atomic mass is 10.1. The van der Waals surface area contributed by atoms with E-state index >= 15 is 0 Å². The fourth-order valence-corrected chi connectivity index (χ4v) is 2.27. The van der Waals surface area contributed by atoms with Crippen LogP contribution >= 0.6 is 47.8 Å². The van der Waals surface area contributed by atoms with Gasteiger partial charge in [0.15, 0.2) is 0 Å². The van der Waals surface area contributed by atoms with Gasteiger partial charge in [-0.3, -0.25) is 0 Å². The Balaban J connectivity index is 3.21. The zero-order chi connectivity index (χ0) is 9.30. The first-order chi connectivity index (χ1) is 5.52. The molecular weight excluding hydrogens is 352 g/mol. The summed E-state index contributed by atoms with van der Waals surface area (Å²) >= 11 is 10.1. The normalized spacial score (nSPS) is 13.1. The number of benzene rings is 1. The third kappa shape index (κ3) is 2.31. The van der Waals surface area contributed by atoms with Crippen LogP contribution in [0.2, 0.25) is 0 Å². The van der Waals surface area contributed by atoms with Crippen molar-refractivity contribution in [2.45, 2.75) is 13.0 Å². The van der Waals surface area contributed by atoms with E-state index in [-0.39, 0.29) is 0 Å². The van der Waals surface area contributed by atoms with Gasteiger partial charge in [-0.1, -0.05) is 0 Å². The van der Waals surface area contributed by atoms with Crippen LogP contribution in [0.15, 0.2) is 25.6 Å². The van der Waals surface area contributed by atoms with Crippen molar-refractivity contribution >= 4 is 47.8 Å². The Morgan fingerprint density at radius 1 is 1.17 bits per heavy atom. The van der Waals surface area contributed by atoms with Crippen LogP contribution in [-0.4, -0.2) is 5.11 Å². The van der Waals surface area contributed by atoms with Gasteiger partial charge in [0, 0.05) is 13.4 Å². The molecule has 1 aromatic carbocycles. The molecule has 1 rings (SSSR count). The second-order valence-corrected chi connectivity index (χ2v) is 4.98. The lowest BCUT2D eigenvalue weighted by Gasteiger charge is -2.07. The first-order valence-electron chi connectivity index (χ1n) is 3.35. The van der Waals surface area contributed by atoms with E-state index in [2.05, 4.69) is 47.8 Å². The van der Waals surface area contributed by atoms with E-state index in [4.69, 9.17) is 0 Å². The molecule has 1 unspecified atom stereocenters. The number of rotatable bonds is 1. The minimum absolute atomic E-state index is 0.439. The highest BCUT2D eigenvalue weighted by molar-refractivity contribution is 9.14. The number of aliphatic hydroxyl groups excluding tert-OH is 1. The Labute approximate surface area is 96.6 Å². The SMILES string of the molecule is CC(O)c1cc(Br)c(Br)c(Br)c1. The summed E-state index contributed by atoms with van der Waals surface area (Å²) in [6, 6.07) is 3.78. The van der Waals surface area contributed by atoms with E-state index in [9.17, 15) is 5.11 Å². The van der Waals surface area contributed by atoms with Gasteiger partial charge in [-0.15, -0.1) is 0 Å². The molecule has 0 aliphatic carbocycles. The van der Waals surface area contributed by atoms with Gasteiger partial charge in [-0.05, 0) is 72.4 Å². The van der Waals surface area contributed by atoms with Crippen LogP contribution < -0.4 is 0 Å². The quantitative estimate of drug-likeness (QED) is 0.751. The fourth-order valence-electron chi connectivity index (χ4n) is 0.816. The van der Waals surface area contributed by atoms with Crippen molar-refractivity contribution in [3.05, 3.63) is 31.1 Å². The predicted octanol–water partition coefficient (Wildman–Crippen LogP) is 4.03.